The number of likely N-dealkylation sites (tertiary alicyclic amines) is 1. The van der Waals surface area contributed by atoms with E-state index in [4.69, 9.17) is 0 Å². The minimum absolute atomic E-state index is 0.0383. The maximum atomic E-state index is 12.7. The SMILES string of the molecule is CCCC(C)NC(=O)C1CCCN(C(=O)CC(C)C2CCCNC2)C1. The third kappa shape index (κ3) is 6.28. The zero-order valence-electron chi connectivity index (χ0n) is 16.4. The molecule has 0 saturated carbocycles. The Morgan fingerprint density at radius 2 is 2.04 bits per heavy atom. The topological polar surface area (TPSA) is 61.4 Å². The van der Waals surface area contributed by atoms with Gasteiger partial charge in [0.1, 0.15) is 0 Å². The molecule has 2 aliphatic rings. The second-order valence-corrected chi connectivity index (χ2v) is 8.17. The Bertz CT molecular complexity index is 435. The Kier molecular flexibility index (Phi) is 8.20. The summed E-state index contributed by atoms with van der Waals surface area (Å²) in [6.07, 6.45) is 6.97. The Labute approximate surface area is 153 Å². The van der Waals surface area contributed by atoms with Crippen molar-refractivity contribution in [3.63, 3.8) is 0 Å². The zero-order chi connectivity index (χ0) is 18.2. The highest BCUT2D eigenvalue weighted by atomic mass is 16.2. The first-order chi connectivity index (χ1) is 12.0. The van der Waals surface area contributed by atoms with Crippen molar-refractivity contribution in [3.05, 3.63) is 0 Å². The maximum Gasteiger partial charge on any atom is 0.225 e. The van der Waals surface area contributed by atoms with E-state index in [1.54, 1.807) is 0 Å². The van der Waals surface area contributed by atoms with Gasteiger partial charge in [0.05, 0.1) is 5.92 Å². The molecule has 144 valence electrons. The van der Waals surface area contributed by atoms with E-state index in [9.17, 15) is 9.59 Å². The minimum Gasteiger partial charge on any atom is -0.353 e. The Morgan fingerprint density at radius 3 is 2.72 bits per heavy atom. The molecule has 0 aromatic heterocycles. The fourth-order valence-electron chi connectivity index (χ4n) is 4.22. The van der Waals surface area contributed by atoms with Crippen molar-refractivity contribution in [1.82, 2.24) is 15.5 Å². The lowest BCUT2D eigenvalue weighted by Crippen LogP contribution is -2.47. The molecule has 0 spiro atoms. The molecule has 4 atom stereocenters. The molecule has 25 heavy (non-hydrogen) atoms. The van der Waals surface area contributed by atoms with Crippen LogP contribution in [0.2, 0.25) is 0 Å². The molecule has 2 N–H and O–H groups in total. The largest absolute Gasteiger partial charge is 0.353 e. The van der Waals surface area contributed by atoms with Crippen molar-refractivity contribution in [2.45, 2.75) is 71.8 Å². The molecule has 2 saturated heterocycles. The highest BCUT2D eigenvalue weighted by Crippen LogP contribution is 2.25. The van der Waals surface area contributed by atoms with Gasteiger partial charge in [0.2, 0.25) is 11.8 Å². The van der Waals surface area contributed by atoms with Gasteiger partial charge in [0, 0.05) is 25.6 Å². The lowest BCUT2D eigenvalue weighted by molar-refractivity contribution is -0.136. The fourth-order valence-corrected chi connectivity index (χ4v) is 4.22. The van der Waals surface area contributed by atoms with Crippen LogP contribution < -0.4 is 10.6 Å². The summed E-state index contributed by atoms with van der Waals surface area (Å²) in [5, 5.41) is 6.56. The van der Waals surface area contributed by atoms with Crippen molar-refractivity contribution in [2.75, 3.05) is 26.2 Å². The monoisotopic (exact) mass is 351 g/mol. The van der Waals surface area contributed by atoms with Crippen LogP contribution in [-0.2, 0) is 9.59 Å². The summed E-state index contributed by atoms with van der Waals surface area (Å²) >= 11 is 0. The molecule has 4 unspecified atom stereocenters. The van der Waals surface area contributed by atoms with E-state index in [-0.39, 0.29) is 23.8 Å². The number of hydrogen-bond donors (Lipinski definition) is 2. The van der Waals surface area contributed by atoms with E-state index in [0.717, 1.165) is 45.3 Å². The summed E-state index contributed by atoms with van der Waals surface area (Å²) in [4.78, 5) is 27.1. The van der Waals surface area contributed by atoms with Gasteiger partial charge in [-0.05, 0) is 64.0 Å². The summed E-state index contributed by atoms with van der Waals surface area (Å²) in [6, 6.07) is 0.224. The van der Waals surface area contributed by atoms with Gasteiger partial charge < -0.3 is 15.5 Å². The quantitative estimate of drug-likeness (QED) is 0.741. The van der Waals surface area contributed by atoms with Crippen LogP contribution in [0.25, 0.3) is 0 Å². The molecule has 5 heteroatoms. The number of hydrogen-bond acceptors (Lipinski definition) is 3. The second-order valence-electron chi connectivity index (χ2n) is 8.17. The van der Waals surface area contributed by atoms with E-state index < -0.39 is 0 Å². The van der Waals surface area contributed by atoms with Crippen LogP contribution in [0, 0.1) is 17.8 Å². The molecular formula is C20H37N3O2. The molecule has 5 nitrogen and oxygen atoms in total. The van der Waals surface area contributed by atoms with Crippen LogP contribution >= 0.6 is 0 Å². The summed E-state index contributed by atoms with van der Waals surface area (Å²) in [7, 11) is 0. The Balaban J connectivity index is 1.80. The number of piperidine rings is 2. The third-order valence-electron chi connectivity index (χ3n) is 5.89. The minimum atomic E-state index is -0.0383. The number of amides is 2. The molecule has 0 bridgehead atoms. The molecule has 2 aliphatic heterocycles. The first-order valence-electron chi connectivity index (χ1n) is 10.3. The number of rotatable bonds is 7. The average Bonchev–Trinajstić information content (AvgIpc) is 2.62. The molecule has 0 aromatic carbocycles. The van der Waals surface area contributed by atoms with Crippen LogP contribution in [-0.4, -0.2) is 48.9 Å². The normalized spacial score (nSPS) is 26.8. The molecular weight excluding hydrogens is 314 g/mol. The second kappa shape index (κ2) is 10.1. The molecule has 0 radical (unpaired) electrons. The summed E-state index contributed by atoms with van der Waals surface area (Å²) in [5.41, 5.74) is 0. The predicted molar refractivity (Wildman–Crippen MR) is 101 cm³/mol. The van der Waals surface area contributed by atoms with Crippen molar-refractivity contribution in [3.8, 4) is 0 Å². The van der Waals surface area contributed by atoms with Gasteiger partial charge in [-0.15, -0.1) is 0 Å². The first kappa shape index (κ1) is 20.2. The van der Waals surface area contributed by atoms with Gasteiger partial charge in [-0.25, -0.2) is 0 Å². The van der Waals surface area contributed by atoms with Gasteiger partial charge in [0.15, 0.2) is 0 Å². The zero-order valence-corrected chi connectivity index (χ0v) is 16.4. The Hall–Kier alpha value is -1.10. The Morgan fingerprint density at radius 1 is 1.24 bits per heavy atom. The molecule has 2 heterocycles. The van der Waals surface area contributed by atoms with Crippen LogP contribution in [0.3, 0.4) is 0 Å². The van der Waals surface area contributed by atoms with Crippen molar-refractivity contribution < 1.29 is 9.59 Å². The van der Waals surface area contributed by atoms with E-state index in [1.807, 2.05) is 4.90 Å². The first-order valence-corrected chi connectivity index (χ1v) is 10.3. The smallest absolute Gasteiger partial charge is 0.225 e. The van der Waals surface area contributed by atoms with E-state index in [0.29, 0.717) is 24.8 Å². The average molecular weight is 352 g/mol. The molecule has 2 rings (SSSR count). The van der Waals surface area contributed by atoms with Crippen molar-refractivity contribution in [2.24, 2.45) is 17.8 Å². The van der Waals surface area contributed by atoms with Gasteiger partial charge in [-0.3, -0.25) is 9.59 Å². The molecule has 2 fully saturated rings. The van der Waals surface area contributed by atoms with Gasteiger partial charge in [-0.2, -0.15) is 0 Å². The van der Waals surface area contributed by atoms with Gasteiger partial charge >= 0.3 is 0 Å². The number of carbonyl (C=O) groups excluding carboxylic acids is 2. The fraction of sp³-hybridized carbons (Fsp3) is 0.900. The number of carbonyl (C=O) groups is 2. The highest BCUT2D eigenvalue weighted by molar-refractivity contribution is 5.81. The summed E-state index contributed by atoms with van der Waals surface area (Å²) in [6.45, 7) is 9.95. The van der Waals surface area contributed by atoms with Crippen LogP contribution in [0.1, 0.15) is 65.7 Å². The third-order valence-corrected chi connectivity index (χ3v) is 5.89. The van der Waals surface area contributed by atoms with E-state index in [1.165, 1.54) is 12.8 Å². The number of nitrogens with one attached hydrogen (secondary N) is 2. The maximum absolute atomic E-state index is 12.7. The van der Waals surface area contributed by atoms with E-state index in [2.05, 4.69) is 31.4 Å². The molecule has 2 amide bonds. The van der Waals surface area contributed by atoms with Gasteiger partial charge in [-0.1, -0.05) is 20.3 Å². The van der Waals surface area contributed by atoms with E-state index >= 15 is 0 Å². The predicted octanol–water partition coefficient (Wildman–Crippen LogP) is 2.56. The molecule has 0 aliphatic carbocycles. The van der Waals surface area contributed by atoms with Crippen LogP contribution in [0.4, 0.5) is 0 Å². The van der Waals surface area contributed by atoms with Crippen molar-refractivity contribution >= 4 is 11.8 Å². The highest BCUT2D eigenvalue weighted by Gasteiger charge is 2.30. The summed E-state index contributed by atoms with van der Waals surface area (Å²) < 4.78 is 0. The molecule has 0 aromatic rings. The van der Waals surface area contributed by atoms with Crippen LogP contribution in [0.5, 0.6) is 0 Å². The van der Waals surface area contributed by atoms with Crippen molar-refractivity contribution in [1.29, 1.82) is 0 Å². The lowest BCUT2D eigenvalue weighted by Gasteiger charge is -2.34. The lowest BCUT2D eigenvalue weighted by atomic mass is 9.85. The van der Waals surface area contributed by atoms with Gasteiger partial charge in [0.25, 0.3) is 0 Å². The van der Waals surface area contributed by atoms with Crippen LogP contribution in [0.15, 0.2) is 0 Å². The number of nitrogens with zero attached hydrogens (tertiary/aromatic N) is 1. The standard InChI is InChI=1S/C20H37N3O2/c1-4-7-16(3)22-20(25)18-9-6-11-23(14-18)19(24)12-15(2)17-8-5-10-21-13-17/h15-18,21H,4-14H2,1-3H3,(H,22,25). The summed E-state index contributed by atoms with van der Waals surface area (Å²) in [5.74, 6) is 1.35.